The van der Waals surface area contributed by atoms with Gasteiger partial charge in [-0.2, -0.15) is 0 Å². The van der Waals surface area contributed by atoms with E-state index in [0.717, 1.165) is 5.56 Å². The van der Waals surface area contributed by atoms with Crippen molar-refractivity contribution in [3.8, 4) is 5.75 Å². The Hall–Kier alpha value is -3.13. The number of pyridine rings is 1. The van der Waals surface area contributed by atoms with Crippen LogP contribution in [0.5, 0.6) is 5.75 Å². The Morgan fingerprint density at radius 2 is 1.93 bits per heavy atom. The number of amides is 2. The Morgan fingerprint density at radius 3 is 2.60 bits per heavy atom. The molecule has 4 rings (SSSR count). The van der Waals surface area contributed by atoms with E-state index in [1.807, 2.05) is 51.1 Å². The zero-order chi connectivity index (χ0) is 21.8. The molecule has 8 nitrogen and oxygen atoms in total. The van der Waals surface area contributed by atoms with Crippen LogP contribution in [0.15, 0.2) is 41.3 Å². The smallest absolute Gasteiger partial charge is 0.276 e. The molecule has 30 heavy (non-hydrogen) atoms. The maximum absolute atomic E-state index is 12.9. The van der Waals surface area contributed by atoms with E-state index >= 15 is 0 Å². The lowest BCUT2D eigenvalue weighted by Crippen LogP contribution is -2.49. The number of fused-ring (bicyclic) bond motifs is 2. The van der Waals surface area contributed by atoms with Crippen molar-refractivity contribution in [2.45, 2.75) is 46.1 Å². The molecule has 2 aromatic rings. The lowest BCUT2D eigenvalue weighted by Gasteiger charge is -2.34. The summed E-state index contributed by atoms with van der Waals surface area (Å²) >= 11 is 0. The molecule has 1 aromatic heterocycles. The molecule has 1 N–H and O–H groups in total. The molecule has 1 fully saturated rings. The second-order valence-corrected chi connectivity index (χ2v) is 6.92. The topological polar surface area (TPSA) is 89.9 Å². The number of carbonyl (C=O) groups is 2. The number of benzene rings is 1. The molecule has 2 atom stereocenters. The summed E-state index contributed by atoms with van der Waals surface area (Å²) in [5, 5.41) is 2.74. The molecule has 1 saturated heterocycles. The first-order chi connectivity index (χ1) is 14.5. The molecule has 8 heteroatoms. The Balaban J connectivity index is 0.00000124. The van der Waals surface area contributed by atoms with E-state index in [4.69, 9.17) is 9.47 Å². The summed E-state index contributed by atoms with van der Waals surface area (Å²) in [6.45, 7) is 6.95. The third-order valence-electron chi connectivity index (χ3n) is 5.09. The SMILES string of the molecule is CC.COc1c2n(cc(C(=O)NCc3ccccc3)c1=O)C[C@H]1OC[C@H](C)N1C2=O. The molecular formula is C22H27N3O5. The summed E-state index contributed by atoms with van der Waals surface area (Å²) in [6.07, 6.45) is 1.00. The third kappa shape index (κ3) is 3.82. The average Bonchev–Trinajstić information content (AvgIpc) is 3.15. The first-order valence-corrected chi connectivity index (χ1v) is 10.1. The van der Waals surface area contributed by atoms with Gasteiger partial charge in [-0.1, -0.05) is 44.2 Å². The number of nitrogens with zero attached hydrogens (tertiary/aromatic N) is 2. The van der Waals surface area contributed by atoms with Crippen molar-refractivity contribution in [3.63, 3.8) is 0 Å². The molecule has 0 saturated carbocycles. The minimum absolute atomic E-state index is 0.0659. The molecule has 0 unspecified atom stereocenters. The number of hydrogen-bond donors (Lipinski definition) is 1. The molecule has 160 valence electrons. The van der Waals surface area contributed by atoms with Gasteiger partial charge in [0.05, 0.1) is 26.3 Å². The van der Waals surface area contributed by atoms with Crippen molar-refractivity contribution in [2.24, 2.45) is 0 Å². The van der Waals surface area contributed by atoms with Gasteiger partial charge in [-0.15, -0.1) is 0 Å². The Bertz CT molecular complexity index is 986. The molecule has 2 aliphatic heterocycles. The van der Waals surface area contributed by atoms with E-state index in [9.17, 15) is 14.4 Å². The summed E-state index contributed by atoms with van der Waals surface area (Å²) in [4.78, 5) is 40.0. The molecule has 1 aromatic carbocycles. The summed E-state index contributed by atoms with van der Waals surface area (Å²) in [5.74, 6) is -0.959. The maximum Gasteiger partial charge on any atom is 0.276 e. The highest BCUT2D eigenvalue weighted by atomic mass is 16.5. The van der Waals surface area contributed by atoms with Crippen LogP contribution >= 0.6 is 0 Å². The summed E-state index contributed by atoms with van der Waals surface area (Å²) < 4.78 is 12.5. The molecule has 0 aliphatic carbocycles. The highest BCUT2D eigenvalue weighted by molar-refractivity contribution is 5.99. The van der Waals surface area contributed by atoms with Crippen molar-refractivity contribution < 1.29 is 19.1 Å². The lowest BCUT2D eigenvalue weighted by atomic mass is 10.1. The van der Waals surface area contributed by atoms with Crippen LogP contribution in [0.25, 0.3) is 0 Å². The number of rotatable bonds is 4. The Labute approximate surface area is 175 Å². The molecule has 3 heterocycles. The van der Waals surface area contributed by atoms with Gasteiger partial charge in [0.2, 0.25) is 5.43 Å². The lowest BCUT2D eigenvalue weighted by molar-refractivity contribution is 0.00621. The van der Waals surface area contributed by atoms with E-state index < -0.39 is 17.6 Å². The van der Waals surface area contributed by atoms with Gasteiger partial charge in [0.1, 0.15) is 5.56 Å². The van der Waals surface area contributed by atoms with E-state index in [-0.39, 0.29) is 29.0 Å². The number of nitrogens with one attached hydrogen (secondary N) is 1. The zero-order valence-corrected chi connectivity index (χ0v) is 17.7. The monoisotopic (exact) mass is 413 g/mol. The molecular weight excluding hydrogens is 386 g/mol. The van der Waals surface area contributed by atoms with Crippen LogP contribution in [0.1, 0.15) is 47.2 Å². The van der Waals surface area contributed by atoms with Crippen LogP contribution in [-0.2, 0) is 17.8 Å². The standard InChI is InChI=1S/C20H21N3O5.C2H6/c1-12-11-28-15-10-22-9-14(19(25)21-8-13-6-4-3-5-7-13)17(24)18(27-2)16(22)20(26)23(12)15;1-2/h3-7,9,12,15H,8,10-11H2,1-2H3,(H,21,25);1-2H3/t12-,15+;/m0./s1. The number of carbonyl (C=O) groups excluding carboxylic acids is 2. The molecule has 0 spiro atoms. The zero-order valence-electron chi connectivity index (χ0n) is 17.7. The average molecular weight is 413 g/mol. The largest absolute Gasteiger partial charge is 0.491 e. The first-order valence-electron chi connectivity index (χ1n) is 10.1. The van der Waals surface area contributed by atoms with Crippen LogP contribution in [0.3, 0.4) is 0 Å². The molecule has 0 bridgehead atoms. The Kier molecular flexibility index (Phi) is 6.56. The normalized spacial score (nSPS) is 19.3. The number of aromatic nitrogens is 1. The molecule has 2 aliphatic rings. The quantitative estimate of drug-likeness (QED) is 0.828. The van der Waals surface area contributed by atoms with Crippen LogP contribution < -0.4 is 15.5 Å². The minimum atomic E-state index is -0.598. The van der Waals surface area contributed by atoms with E-state index in [2.05, 4.69) is 5.32 Å². The summed E-state index contributed by atoms with van der Waals surface area (Å²) in [7, 11) is 1.33. The Morgan fingerprint density at radius 1 is 1.23 bits per heavy atom. The van der Waals surface area contributed by atoms with Crippen LogP contribution in [-0.4, -0.2) is 47.3 Å². The van der Waals surface area contributed by atoms with Gasteiger partial charge >= 0.3 is 0 Å². The van der Waals surface area contributed by atoms with Gasteiger partial charge in [-0.05, 0) is 12.5 Å². The summed E-state index contributed by atoms with van der Waals surface area (Å²) in [6, 6.07) is 9.31. The fraction of sp³-hybridized carbons (Fsp3) is 0.409. The van der Waals surface area contributed by atoms with E-state index in [1.54, 1.807) is 9.47 Å². The van der Waals surface area contributed by atoms with Crippen LogP contribution in [0.4, 0.5) is 0 Å². The van der Waals surface area contributed by atoms with Crippen molar-refractivity contribution in [2.75, 3.05) is 13.7 Å². The highest BCUT2D eigenvalue weighted by Crippen LogP contribution is 2.29. The predicted octanol–water partition coefficient (Wildman–Crippen LogP) is 2.01. The van der Waals surface area contributed by atoms with Crippen LogP contribution in [0, 0.1) is 0 Å². The maximum atomic E-state index is 12.9. The molecule has 0 radical (unpaired) electrons. The second kappa shape index (κ2) is 9.13. The highest BCUT2D eigenvalue weighted by Gasteiger charge is 2.43. The van der Waals surface area contributed by atoms with Gasteiger partial charge in [0.15, 0.2) is 17.7 Å². The van der Waals surface area contributed by atoms with Crippen molar-refractivity contribution in [1.82, 2.24) is 14.8 Å². The third-order valence-corrected chi connectivity index (χ3v) is 5.09. The van der Waals surface area contributed by atoms with Gasteiger partial charge in [0, 0.05) is 12.7 Å². The summed E-state index contributed by atoms with van der Waals surface area (Å²) in [5.41, 5.74) is 0.406. The van der Waals surface area contributed by atoms with Crippen LogP contribution in [0.2, 0.25) is 0 Å². The fourth-order valence-corrected chi connectivity index (χ4v) is 3.68. The van der Waals surface area contributed by atoms with Gasteiger partial charge < -0.3 is 24.3 Å². The van der Waals surface area contributed by atoms with Gasteiger partial charge in [-0.3, -0.25) is 14.4 Å². The van der Waals surface area contributed by atoms with Crippen molar-refractivity contribution in [1.29, 1.82) is 0 Å². The predicted molar refractivity (Wildman–Crippen MR) is 112 cm³/mol. The fourth-order valence-electron chi connectivity index (χ4n) is 3.68. The van der Waals surface area contributed by atoms with E-state index in [1.165, 1.54) is 13.3 Å². The van der Waals surface area contributed by atoms with Gasteiger partial charge in [-0.25, -0.2) is 0 Å². The minimum Gasteiger partial charge on any atom is -0.491 e. The van der Waals surface area contributed by atoms with Crippen molar-refractivity contribution in [3.05, 3.63) is 63.6 Å². The molecule has 2 amide bonds. The number of methoxy groups -OCH3 is 1. The number of hydrogen-bond acceptors (Lipinski definition) is 5. The second-order valence-electron chi connectivity index (χ2n) is 6.92. The number of ether oxygens (including phenoxy) is 2. The van der Waals surface area contributed by atoms with Gasteiger partial charge in [0.25, 0.3) is 11.8 Å². The van der Waals surface area contributed by atoms with E-state index in [0.29, 0.717) is 19.7 Å². The van der Waals surface area contributed by atoms with Crippen molar-refractivity contribution >= 4 is 11.8 Å². The first kappa shape index (κ1) is 21.6.